The first-order chi connectivity index (χ1) is 9.72. The van der Waals surface area contributed by atoms with Crippen molar-refractivity contribution in [3.05, 3.63) is 36.1 Å². The van der Waals surface area contributed by atoms with Crippen molar-refractivity contribution in [1.82, 2.24) is 5.32 Å². The standard InChI is InChI=1S/C16H23NO3/c1-12(2)16(17-7-9-19-10-8-18)15-11-13-5-3-4-6-14(13)20-15/h3-6,11-12,16-18H,7-10H2,1-2H3. The van der Waals surface area contributed by atoms with Gasteiger partial charge in [0.25, 0.3) is 0 Å². The van der Waals surface area contributed by atoms with Gasteiger partial charge in [-0.15, -0.1) is 0 Å². The lowest BCUT2D eigenvalue weighted by atomic mass is 10.0. The van der Waals surface area contributed by atoms with Gasteiger partial charge in [-0.3, -0.25) is 0 Å². The maximum absolute atomic E-state index is 8.66. The van der Waals surface area contributed by atoms with Gasteiger partial charge in [-0.05, 0) is 18.1 Å². The molecule has 1 aromatic heterocycles. The molecule has 1 aromatic carbocycles. The van der Waals surface area contributed by atoms with E-state index >= 15 is 0 Å². The number of ether oxygens (including phenoxy) is 1. The van der Waals surface area contributed by atoms with Crippen molar-refractivity contribution in [2.45, 2.75) is 19.9 Å². The zero-order valence-corrected chi connectivity index (χ0v) is 12.1. The van der Waals surface area contributed by atoms with Gasteiger partial charge in [0.1, 0.15) is 11.3 Å². The van der Waals surface area contributed by atoms with Crippen molar-refractivity contribution in [3.63, 3.8) is 0 Å². The summed E-state index contributed by atoms with van der Waals surface area (Å²) in [5, 5.41) is 13.2. The first-order valence-electron chi connectivity index (χ1n) is 7.13. The molecule has 4 heteroatoms. The van der Waals surface area contributed by atoms with Crippen LogP contribution in [0.2, 0.25) is 0 Å². The molecular weight excluding hydrogens is 254 g/mol. The van der Waals surface area contributed by atoms with E-state index in [1.165, 1.54) is 0 Å². The zero-order valence-electron chi connectivity index (χ0n) is 12.1. The van der Waals surface area contributed by atoms with Gasteiger partial charge in [0.2, 0.25) is 0 Å². The lowest BCUT2D eigenvalue weighted by Crippen LogP contribution is -2.28. The van der Waals surface area contributed by atoms with Crippen molar-refractivity contribution in [2.24, 2.45) is 5.92 Å². The maximum atomic E-state index is 8.66. The largest absolute Gasteiger partial charge is 0.459 e. The summed E-state index contributed by atoms with van der Waals surface area (Å²) in [6, 6.07) is 10.3. The molecular formula is C16H23NO3. The van der Waals surface area contributed by atoms with Gasteiger partial charge >= 0.3 is 0 Å². The van der Waals surface area contributed by atoms with E-state index in [1.54, 1.807) is 0 Å². The summed E-state index contributed by atoms with van der Waals surface area (Å²) in [7, 11) is 0. The van der Waals surface area contributed by atoms with E-state index in [0.29, 0.717) is 19.1 Å². The number of aliphatic hydroxyl groups is 1. The summed E-state index contributed by atoms with van der Waals surface area (Å²) < 4.78 is 11.2. The molecule has 0 saturated heterocycles. The smallest absolute Gasteiger partial charge is 0.134 e. The van der Waals surface area contributed by atoms with Crippen LogP contribution in [0.4, 0.5) is 0 Å². The molecule has 0 aliphatic rings. The first-order valence-corrected chi connectivity index (χ1v) is 7.13. The van der Waals surface area contributed by atoms with Crippen molar-refractivity contribution in [2.75, 3.05) is 26.4 Å². The lowest BCUT2D eigenvalue weighted by molar-refractivity contribution is 0.0911. The van der Waals surface area contributed by atoms with Crippen LogP contribution in [-0.4, -0.2) is 31.5 Å². The van der Waals surface area contributed by atoms with Crippen LogP contribution in [-0.2, 0) is 4.74 Å². The molecule has 0 spiro atoms. The third-order valence-electron chi connectivity index (χ3n) is 3.26. The number of para-hydroxylation sites is 1. The van der Waals surface area contributed by atoms with E-state index in [9.17, 15) is 0 Å². The number of nitrogens with one attached hydrogen (secondary N) is 1. The third-order valence-corrected chi connectivity index (χ3v) is 3.26. The number of hydrogen-bond acceptors (Lipinski definition) is 4. The lowest BCUT2D eigenvalue weighted by Gasteiger charge is -2.20. The van der Waals surface area contributed by atoms with Crippen LogP contribution in [0.5, 0.6) is 0 Å². The van der Waals surface area contributed by atoms with E-state index < -0.39 is 0 Å². The summed E-state index contributed by atoms with van der Waals surface area (Å²) in [5.41, 5.74) is 0.923. The minimum absolute atomic E-state index is 0.0666. The average Bonchev–Trinajstić information content (AvgIpc) is 2.85. The van der Waals surface area contributed by atoms with Crippen molar-refractivity contribution in [3.8, 4) is 0 Å². The Balaban J connectivity index is 2.00. The minimum Gasteiger partial charge on any atom is -0.459 e. The van der Waals surface area contributed by atoms with Gasteiger partial charge in [0.15, 0.2) is 0 Å². The molecule has 20 heavy (non-hydrogen) atoms. The topological polar surface area (TPSA) is 54.6 Å². The fourth-order valence-corrected chi connectivity index (χ4v) is 2.27. The molecule has 1 heterocycles. The molecule has 110 valence electrons. The van der Waals surface area contributed by atoms with Crippen molar-refractivity contribution in [1.29, 1.82) is 0 Å². The second-order valence-corrected chi connectivity index (χ2v) is 5.20. The Hall–Kier alpha value is -1.36. The van der Waals surface area contributed by atoms with E-state index in [2.05, 4.69) is 31.3 Å². The Labute approximate surface area is 119 Å². The van der Waals surface area contributed by atoms with Gasteiger partial charge < -0.3 is 19.6 Å². The number of hydrogen-bond donors (Lipinski definition) is 2. The first kappa shape index (κ1) is 15.0. The quantitative estimate of drug-likeness (QED) is 0.728. The van der Waals surface area contributed by atoms with Crippen LogP contribution in [0.25, 0.3) is 11.0 Å². The Morgan fingerprint density at radius 1 is 1.25 bits per heavy atom. The zero-order chi connectivity index (χ0) is 14.4. The van der Waals surface area contributed by atoms with Crippen LogP contribution in [0.15, 0.2) is 34.7 Å². The predicted octanol–water partition coefficient (Wildman–Crippen LogP) is 2.73. The molecule has 1 unspecified atom stereocenters. The summed E-state index contributed by atoms with van der Waals surface area (Å²) in [6.07, 6.45) is 0. The highest BCUT2D eigenvalue weighted by atomic mass is 16.5. The third kappa shape index (κ3) is 3.82. The van der Waals surface area contributed by atoms with E-state index in [1.807, 2.05) is 18.2 Å². The Morgan fingerprint density at radius 2 is 2.05 bits per heavy atom. The van der Waals surface area contributed by atoms with Crippen LogP contribution >= 0.6 is 0 Å². The molecule has 0 bridgehead atoms. The minimum atomic E-state index is 0.0666. The summed E-state index contributed by atoms with van der Waals surface area (Å²) in [5.74, 6) is 1.39. The molecule has 0 amide bonds. The molecule has 2 rings (SSSR count). The Bertz CT molecular complexity index is 488. The molecule has 0 aliphatic heterocycles. The fraction of sp³-hybridized carbons (Fsp3) is 0.500. The van der Waals surface area contributed by atoms with E-state index in [-0.39, 0.29) is 12.6 Å². The molecule has 4 nitrogen and oxygen atoms in total. The van der Waals surface area contributed by atoms with Crippen LogP contribution in [0.3, 0.4) is 0 Å². The Morgan fingerprint density at radius 3 is 2.75 bits per heavy atom. The maximum Gasteiger partial charge on any atom is 0.134 e. The average molecular weight is 277 g/mol. The van der Waals surface area contributed by atoms with Gasteiger partial charge in [0, 0.05) is 11.9 Å². The molecule has 0 aliphatic carbocycles. The second kappa shape index (κ2) is 7.43. The predicted molar refractivity (Wildman–Crippen MR) is 79.7 cm³/mol. The Kier molecular flexibility index (Phi) is 5.59. The second-order valence-electron chi connectivity index (χ2n) is 5.20. The highest BCUT2D eigenvalue weighted by molar-refractivity contribution is 5.77. The molecule has 2 aromatic rings. The molecule has 0 fully saturated rings. The number of fused-ring (bicyclic) bond motifs is 1. The SMILES string of the molecule is CC(C)C(NCCOCCO)c1cc2ccccc2o1. The van der Waals surface area contributed by atoms with Crippen LogP contribution in [0.1, 0.15) is 25.6 Å². The highest BCUT2D eigenvalue weighted by Crippen LogP contribution is 2.27. The van der Waals surface area contributed by atoms with Crippen molar-refractivity contribution >= 4 is 11.0 Å². The highest BCUT2D eigenvalue weighted by Gasteiger charge is 2.19. The number of furan rings is 1. The van der Waals surface area contributed by atoms with Crippen LogP contribution < -0.4 is 5.32 Å². The molecule has 2 N–H and O–H groups in total. The molecule has 0 saturated carbocycles. The van der Waals surface area contributed by atoms with E-state index in [0.717, 1.165) is 23.3 Å². The number of aliphatic hydroxyl groups excluding tert-OH is 1. The van der Waals surface area contributed by atoms with E-state index in [4.69, 9.17) is 14.3 Å². The van der Waals surface area contributed by atoms with Gasteiger partial charge in [0.05, 0.1) is 25.9 Å². The number of rotatable bonds is 8. The number of benzene rings is 1. The van der Waals surface area contributed by atoms with Gasteiger partial charge in [-0.2, -0.15) is 0 Å². The summed E-state index contributed by atoms with van der Waals surface area (Å²) in [6.45, 7) is 6.11. The fourth-order valence-electron chi connectivity index (χ4n) is 2.27. The van der Waals surface area contributed by atoms with Crippen LogP contribution in [0, 0.1) is 5.92 Å². The molecule has 0 radical (unpaired) electrons. The summed E-state index contributed by atoms with van der Waals surface area (Å²) >= 11 is 0. The molecule has 1 atom stereocenters. The van der Waals surface area contributed by atoms with Gasteiger partial charge in [-0.1, -0.05) is 32.0 Å². The normalized spacial score (nSPS) is 13.2. The summed E-state index contributed by atoms with van der Waals surface area (Å²) in [4.78, 5) is 0. The monoisotopic (exact) mass is 277 g/mol. The van der Waals surface area contributed by atoms with Crippen molar-refractivity contribution < 1.29 is 14.3 Å². The van der Waals surface area contributed by atoms with Gasteiger partial charge in [-0.25, -0.2) is 0 Å².